The number of aliphatic hydroxyl groups is 9. The molecule has 44 heteroatoms. The molecule has 670 valence electrons. The van der Waals surface area contributed by atoms with Crippen LogP contribution in [0.1, 0.15) is 86.1 Å². The van der Waals surface area contributed by atoms with Crippen LogP contribution in [-0.4, -0.2) is 386 Å². The molecule has 0 aromatic heterocycles. The maximum Gasteiger partial charge on any atom is 0.321 e. The number of carbonyl (C=O) groups excluding carboxylic acids is 8. The van der Waals surface area contributed by atoms with Crippen LogP contribution in [0.25, 0.3) is 0 Å². The Morgan fingerprint density at radius 1 is 0.444 bits per heavy atom. The summed E-state index contributed by atoms with van der Waals surface area (Å²) in [4.78, 5) is 102. The minimum atomic E-state index is -1.55. The van der Waals surface area contributed by atoms with E-state index in [2.05, 4.69) is 53.3 Å². The van der Waals surface area contributed by atoms with Crippen molar-refractivity contribution >= 4 is 55.8 Å². The molecule has 0 bridgehead atoms. The molecule has 0 aliphatic carbocycles. The fourth-order valence-corrected chi connectivity index (χ4v) is 13.4. The highest BCUT2D eigenvalue weighted by Gasteiger charge is 2.48. The molecule has 16 atom stereocenters. The number of nitrogens with one attached hydrogen (secondary N) is 8. The first-order chi connectivity index (χ1) is 56.1. The van der Waals surface area contributed by atoms with Gasteiger partial charge < -0.3 is 164 Å². The van der Waals surface area contributed by atoms with Crippen molar-refractivity contribution in [3.05, 3.63) is 29.8 Å². The third kappa shape index (κ3) is 40.3. The zero-order valence-corrected chi connectivity index (χ0v) is 68.5. The van der Waals surface area contributed by atoms with E-state index in [-0.39, 0.29) is 215 Å². The molecule has 1 unspecified atom stereocenters. The van der Waals surface area contributed by atoms with Gasteiger partial charge in [-0.25, -0.2) is 4.67 Å². The van der Waals surface area contributed by atoms with Gasteiger partial charge in [0.05, 0.1) is 171 Å². The molecule has 3 heterocycles. The number of hydrogen-bond donors (Lipinski definition) is 17. The van der Waals surface area contributed by atoms with Gasteiger partial charge >= 0.3 is 8.53 Å². The lowest BCUT2D eigenvalue weighted by Crippen LogP contribution is -2.64. The highest BCUT2D eigenvalue weighted by atomic mass is 31.2. The largest absolute Gasteiger partial charge is 0.436 e. The summed E-state index contributed by atoms with van der Waals surface area (Å²) >= 11 is 0. The Balaban J connectivity index is 1.35. The number of nitriles is 1. The van der Waals surface area contributed by atoms with E-state index in [0.717, 1.165) is 5.56 Å². The first-order valence-corrected chi connectivity index (χ1v) is 40.1. The molecule has 8 amide bonds. The van der Waals surface area contributed by atoms with Gasteiger partial charge in [0.1, 0.15) is 84.3 Å². The SMILES string of the molecule is CC(=O)N[C@H]1[C@H](OCCOCCNC(=O)CCOCC(COCCC(=O)NCCOCCO[C@@H]2O[C@H](CO)[C@H](O)[C@H](O)[C@H]2NC(C)=O)(COCCC(=O)NCCOCCO[C@@H]2O[C@H](CO)[C@H](O)[C@H](O)[C@H]2NC(C)=O)NC(=O)CCOCCOCCNC(=O)Cc2ccc(OP(OCCC#N)N(C(C)C)C(C)C)cc2)O[C@H](CO)[C@H](O)[C@@H]1O. The second-order valence-electron chi connectivity index (χ2n) is 27.8. The van der Waals surface area contributed by atoms with Crippen LogP contribution in [0.5, 0.6) is 5.75 Å². The number of nitrogens with zero attached hydrogens (tertiary/aromatic N) is 2. The summed E-state index contributed by atoms with van der Waals surface area (Å²) in [6.07, 6.45) is -16.8. The normalized spacial score (nSPS) is 23.7. The van der Waals surface area contributed by atoms with E-state index in [0.29, 0.717) is 5.75 Å². The quantitative estimate of drug-likeness (QED) is 0.0213. The van der Waals surface area contributed by atoms with Crippen LogP contribution in [-0.2, 0) is 116 Å². The predicted molar refractivity (Wildman–Crippen MR) is 408 cm³/mol. The third-order valence-electron chi connectivity index (χ3n) is 17.5. The summed E-state index contributed by atoms with van der Waals surface area (Å²) in [5.41, 5.74) is -0.814. The monoisotopic (exact) mass is 1700 g/mol. The summed E-state index contributed by atoms with van der Waals surface area (Å²) in [5, 5.41) is 122. The fraction of sp³-hybridized carbons (Fsp3) is 0.795. The summed E-state index contributed by atoms with van der Waals surface area (Å²) < 4.78 is 94.3. The minimum absolute atomic E-state index is 0.0139. The molecule has 4 rings (SSSR count). The van der Waals surface area contributed by atoms with Crippen LogP contribution in [0.3, 0.4) is 0 Å². The highest BCUT2D eigenvalue weighted by molar-refractivity contribution is 7.45. The predicted octanol–water partition coefficient (Wildman–Crippen LogP) is -6.22. The Kier molecular flexibility index (Phi) is 51.6. The third-order valence-corrected chi connectivity index (χ3v) is 19.6. The van der Waals surface area contributed by atoms with E-state index < -0.39 is 167 Å². The molecular formula is C73H125N10O33P. The van der Waals surface area contributed by atoms with Crippen molar-refractivity contribution in [1.29, 1.82) is 5.26 Å². The van der Waals surface area contributed by atoms with E-state index in [1.165, 1.54) is 20.8 Å². The van der Waals surface area contributed by atoms with Crippen molar-refractivity contribution < 1.29 is 160 Å². The zero-order chi connectivity index (χ0) is 86.1. The topological polar surface area (TPSA) is 590 Å². The fourth-order valence-electron chi connectivity index (χ4n) is 11.8. The zero-order valence-electron chi connectivity index (χ0n) is 67.6. The first kappa shape index (κ1) is 103. The molecule has 3 aliphatic rings. The number of hydrogen-bond acceptors (Lipinski definition) is 35. The lowest BCUT2D eigenvalue weighted by atomic mass is 9.97. The van der Waals surface area contributed by atoms with E-state index in [4.69, 9.17) is 80.6 Å². The molecule has 3 fully saturated rings. The van der Waals surface area contributed by atoms with Gasteiger partial charge in [0, 0.05) is 84.7 Å². The van der Waals surface area contributed by atoms with E-state index in [1.54, 1.807) is 24.3 Å². The molecule has 1 aromatic carbocycles. The Morgan fingerprint density at radius 2 is 0.769 bits per heavy atom. The number of amides is 8. The summed E-state index contributed by atoms with van der Waals surface area (Å²) in [6, 6.07) is 5.93. The van der Waals surface area contributed by atoms with Gasteiger partial charge in [-0.2, -0.15) is 5.26 Å². The van der Waals surface area contributed by atoms with Gasteiger partial charge in [-0.05, 0) is 45.4 Å². The number of carbonyl (C=O) groups is 8. The van der Waals surface area contributed by atoms with Crippen molar-refractivity contribution in [3.63, 3.8) is 0 Å². The molecule has 17 N–H and O–H groups in total. The smallest absolute Gasteiger partial charge is 0.321 e. The van der Waals surface area contributed by atoms with Crippen molar-refractivity contribution in [1.82, 2.24) is 47.2 Å². The van der Waals surface area contributed by atoms with Crippen LogP contribution < -0.4 is 47.1 Å². The van der Waals surface area contributed by atoms with Crippen LogP contribution in [0, 0.1) is 11.3 Å². The van der Waals surface area contributed by atoms with Gasteiger partial charge in [-0.1, -0.05) is 12.1 Å². The molecule has 1 aromatic rings. The van der Waals surface area contributed by atoms with Crippen molar-refractivity contribution in [2.75, 3.05) is 178 Å². The van der Waals surface area contributed by atoms with Gasteiger partial charge in [0.2, 0.25) is 47.3 Å². The van der Waals surface area contributed by atoms with Crippen molar-refractivity contribution in [2.24, 2.45) is 0 Å². The Morgan fingerprint density at radius 3 is 1.10 bits per heavy atom. The van der Waals surface area contributed by atoms with E-state index in [1.807, 2.05) is 27.7 Å². The highest BCUT2D eigenvalue weighted by Crippen LogP contribution is 2.46. The molecule has 3 aliphatic heterocycles. The van der Waals surface area contributed by atoms with Gasteiger partial charge in [0.15, 0.2) is 18.9 Å². The summed E-state index contributed by atoms with van der Waals surface area (Å²) in [5.74, 6) is -3.22. The second-order valence-corrected chi connectivity index (χ2v) is 29.2. The number of ether oxygens (including phenoxy) is 14. The first-order valence-electron chi connectivity index (χ1n) is 39.0. The van der Waals surface area contributed by atoms with E-state index in [9.17, 15) is 84.3 Å². The minimum Gasteiger partial charge on any atom is -0.436 e. The van der Waals surface area contributed by atoms with Crippen molar-refractivity contribution in [2.45, 2.75) is 197 Å². The number of rotatable bonds is 62. The van der Waals surface area contributed by atoms with Crippen molar-refractivity contribution in [3.8, 4) is 11.8 Å². The Bertz CT molecular complexity index is 2840. The summed E-state index contributed by atoms with van der Waals surface area (Å²) in [7, 11) is -1.52. The van der Waals surface area contributed by atoms with Crippen LogP contribution in [0.15, 0.2) is 24.3 Å². The average molecular weight is 1700 g/mol. The average Bonchev–Trinajstić information content (AvgIpc) is 0.815. The second kappa shape index (κ2) is 58.6. The molecule has 117 heavy (non-hydrogen) atoms. The Hall–Kier alpha value is -6.30. The van der Waals surface area contributed by atoms with Gasteiger partial charge in [-0.3, -0.25) is 38.4 Å². The van der Waals surface area contributed by atoms with Gasteiger partial charge in [0.25, 0.3) is 0 Å². The molecule has 43 nitrogen and oxygen atoms in total. The van der Waals surface area contributed by atoms with Crippen LogP contribution >= 0.6 is 8.53 Å². The number of benzene rings is 1. The standard InChI is InChI=1S/C73H125N10O33P/c1-46(2)83(47(3)4)117(112-22-8-17-74)116-52-11-9-51(10-12-52)39-60(94)78-21-30-102-32-31-101-23-16-59(93)82-73(43-106-24-13-56(90)75-18-27-103-33-36-109-70-61(79-48(5)87)67(98)64(95)53(40-84)113-70,44-107-25-14-57(91)76-19-28-104-34-37-110-71-62(80-49(6)88)68(99)65(96)54(41-85)114-71)45-108-26-15-58(92)77-20-29-105-35-38-111-72-63(81-50(7)89)69(100)66(97)55(42-86)115-72/h9-12,46-47,53-55,61-72,84-86,95-100H,8,13-16,18-45H2,1-7H3,(H,75,90)(H,76,91)(H,77,92)(H,78,94)(H,79,87)(H,80,88)(H,81,89)(H,82,93)/t53-,54-,55-,61-,62-,63-,64+,65+,66+,67-,68-,69-,70-,71-,72-,117?/m1/s1. The molecular weight excluding hydrogens is 1580 g/mol. The molecule has 0 radical (unpaired) electrons. The van der Waals surface area contributed by atoms with Crippen LogP contribution in [0.4, 0.5) is 0 Å². The van der Waals surface area contributed by atoms with Crippen LogP contribution in [0.2, 0.25) is 0 Å². The Labute approximate surface area is 681 Å². The maximum absolute atomic E-state index is 14.0. The lowest BCUT2D eigenvalue weighted by Gasteiger charge is -2.42. The number of aliphatic hydroxyl groups excluding tert-OH is 9. The van der Waals surface area contributed by atoms with Gasteiger partial charge in [-0.15, -0.1) is 0 Å². The molecule has 0 spiro atoms. The molecule has 3 saturated heterocycles. The maximum atomic E-state index is 14.0. The summed E-state index contributed by atoms with van der Waals surface area (Å²) in [6.45, 7) is 8.57. The lowest BCUT2D eigenvalue weighted by molar-refractivity contribution is -0.272. The molecule has 0 saturated carbocycles. The van der Waals surface area contributed by atoms with E-state index >= 15 is 0 Å².